The first kappa shape index (κ1) is 28.5. The van der Waals surface area contributed by atoms with Crippen molar-refractivity contribution in [3.05, 3.63) is 71.8 Å². The van der Waals surface area contributed by atoms with Crippen LogP contribution in [-0.2, 0) is 27.5 Å². The zero-order valence-corrected chi connectivity index (χ0v) is 21.3. The number of nitrogens with two attached hydrogens (primary N) is 1. The molecule has 0 radical (unpaired) electrons. The molecule has 0 fully saturated rings. The molecular weight excluding hydrogens is 442 g/mol. The lowest BCUT2D eigenvalue weighted by Crippen LogP contribution is -2.52. The monoisotopic (exact) mass is 483 g/mol. The largest absolute Gasteiger partial charge is 0.391 e. The molecular formula is C28H41N3O4. The van der Waals surface area contributed by atoms with Crippen molar-refractivity contribution >= 4 is 11.8 Å². The van der Waals surface area contributed by atoms with Crippen LogP contribution in [0.4, 0.5) is 0 Å². The molecule has 0 aliphatic carbocycles. The maximum atomic E-state index is 13.2. The van der Waals surface area contributed by atoms with Crippen molar-refractivity contribution in [2.24, 2.45) is 23.5 Å². The van der Waals surface area contributed by atoms with Gasteiger partial charge in [-0.25, -0.2) is 0 Å². The topological polar surface area (TPSA) is 114 Å². The third-order valence-corrected chi connectivity index (χ3v) is 6.11. The van der Waals surface area contributed by atoms with E-state index in [4.69, 9.17) is 10.5 Å². The van der Waals surface area contributed by atoms with Crippen LogP contribution in [0.25, 0.3) is 0 Å². The molecule has 0 aliphatic rings. The molecule has 5 N–H and O–H groups in total. The lowest BCUT2D eigenvalue weighted by Gasteiger charge is -2.29. The molecule has 0 spiro atoms. The Labute approximate surface area is 209 Å². The summed E-state index contributed by atoms with van der Waals surface area (Å²) in [5, 5.41) is 16.5. The van der Waals surface area contributed by atoms with E-state index >= 15 is 0 Å². The quantitative estimate of drug-likeness (QED) is 0.330. The molecule has 2 aromatic rings. The Kier molecular flexibility index (Phi) is 11.9. The summed E-state index contributed by atoms with van der Waals surface area (Å²) in [6, 6.07) is 18.1. The molecule has 7 nitrogen and oxygen atoms in total. The van der Waals surface area contributed by atoms with Crippen LogP contribution in [0.3, 0.4) is 0 Å². The number of amides is 2. The average molecular weight is 484 g/mol. The van der Waals surface area contributed by atoms with Gasteiger partial charge in [0, 0.05) is 12.5 Å². The standard InChI is InChI=1S/C28H41N3O4/c1-19(2)23(15-25(32)24(29)18-35-17-22-13-9-6-10-14-22)27(33)31-26(20(3)4)28(34)30-16-21-11-7-5-8-12-21/h5-14,19-20,23-26,32H,15-18,29H2,1-4H3,(H,30,34)(H,31,33). The smallest absolute Gasteiger partial charge is 0.243 e. The molecule has 7 heteroatoms. The maximum Gasteiger partial charge on any atom is 0.243 e. The van der Waals surface area contributed by atoms with Crippen molar-refractivity contribution in [3.8, 4) is 0 Å². The van der Waals surface area contributed by atoms with E-state index in [1.807, 2.05) is 88.4 Å². The second-order valence-electron chi connectivity index (χ2n) is 9.75. The van der Waals surface area contributed by atoms with E-state index < -0.39 is 24.1 Å². The van der Waals surface area contributed by atoms with E-state index in [0.29, 0.717) is 13.2 Å². The van der Waals surface area contributed by atoms with E-state index in [2.05, 4.69) is 10.6 Å². The number of hydrogen-bond donors (Lipinski definition) is 4. The van der Waals surface area contributed by atoms with Crippen LogP contribution in [0.1, 0.15) is 45.2 Å². The highest BCUT2D eigenvalue weighted by molar-refractivity contribution is 5.88. The number of carbonyl (C=O) groups is 2. The van der Waals surface area contributed by atoms with Crippen LogP contribution in [0.2, 0.25) is 0 Å². The molecule has 0 bridgehead atoms. The van der Waals surface area contributed by atoms with Gasteiger partial charge in [0.05, 0.1) is 25.4 Å². The fraction of sp³-hybridized carbons (Fsp3) is 0.500. The Morgan fingerprint density at radius 3 is 2.00 bits per heavy atom. The van der Waals surface area contributed by atoms with Gasteiger partial charge in [0.25, 0.3) is 0 Å². The minimum absolute atomic E-state index is 0.0396. The van der Waals surface area contributed by atoms with E-state index in [1.54, 1.807) is 0 Å². The summed E-state index contributed by atoms with van der Waals surface area (Å²) in [6.45, 7) is 8.62. The fourth-order valence-electron chi connectivity index (χ4n) is 3.81. The SMILES string of the molecule is CC(C)C(CC(O)C(N)COCc1ccccc1)C(=O)NC(C(=O)NCc1ccccc1)C(C)C. The van der Waals surface area contributed by atoms with Crippen LogP contribution < -0.4 is 16.4 Å². The third-order valence-electron chi connectivity index (χ3n) is 6.11. The van der Waals surface area contributed by atoms with E-state index in [1.165, 1.54) is 0 Å². The van der Waals surface area contributed by atoms with Gasteiger partial charge in [-0.15, -0.1) is 0 Å². The molecule has 0 aromatic heterocycles. The molecule has 192 valence electrons. The number of hydrogen-bond acceptors (Lipinski definition) is 5. The number of carbonyl (C=O) groups excluding carboxylic acids is 2. The van der Waals surface area contributed by atoms with Gasteiger partial charge in [-0.1, -0.05) is 88.4 Å². The van der Waals surface area contributed by atoms with Gasteiger partial charge in [0.2, 0.25) is 11.8 Å². The number of benzene rings is 2. The summed E-state index contributed by atoms with van der Waals surface area (Å²) in [7, 11) is 0. The van der Waals surface area contributed by atoms with Gasteiger partial charge >= 0.3 is 0 Å². The summed E-state index contributed by atoms with van der Waals surface area (Å²) in [4.78, 5) is 26.0. The van der Waals surface area contributed by atoms with Crippen LogP contribution in [0.15, 0.2) is 60.7 Å². The Bertz CT molecular complexity index is 890. The summed E-state index contributed by atoms with van der Waals surface area (Å²) < 4.78 is 5.66. The van der Waals surface area contributed by atoms with Crippen molar-refractivity contribution in [2.45, 2.75) is 65.5 Å². The predicted octanol–water partition coefficient (Wildman–Crippen LogP) is 3.01. The Balaban J connectivity index is 1.90. The Morgan fingerprint density at radius 2 is 1.46 bits per heavy atom. The number of ether oxygens (including phenoxy) is 1. The van der Waals surface area contributed by atoms with Crippen LogP contribution in [0.5, 0.6) is 0 Å². The zero-order chi connectivity index (χ0) is 25.8. The summed E-state index contributed by atoms with van der Waals surface area (Å²) in [5.41, 5.74) is 8.17. The van der Waals surface area contributed by atoms with Gasteiger partial charge in [-0.2, -0.15) is 0 Å². The fourth-order valence-corrected chi connectivity index (χ4v) is 3.81. The molecule has 0 aliphatic heterocycles. The minimum atomic E-state index is -0.909. The van der Waals surface area contributed by atoms with E-state index in [9.17, 15) is 14.7 Å². The normalized spacial score (nSPS) is 14.9. The van der Waals surface area contributed by atoms with Crippen molar-refractivity contribution < 1.29 is 19.4 Å². The summed E-state index contributed by atoms with van der Waals surface area (Å²) in [5.74, 6) is -1.12. The predicted molar refractivity (Wildman–Crippen MR) is 138 cm³/mol. The summed E-state index contributed by atoms with van der Waals surface area (Å²) >= 11 is 0. The molecule has 2 amide bonds. The van der Waals surface area contributed by atoms with Gasteiger partial charge in [0.1, 0.15) is 6.04 Å². The molecule has 0 heterocycles. The zero-order valence-electron chi connectivity index (χ0n) is 21.3. The summed E-state index contributed by atoms with van der Waals surface area (Å²) in [6.07, 6.45) is -0.719. The average Bonchev–Trinajstić information content (AvgIpc) is 2.84. The molecule has 4 unspecified atom stereocenters. The molecule has 2 rings (SSSR count). The van der Waals surface area contributed by atoms with Gasteiger partial charge in [0.15, 0.2) is 0 Å². The third kappa shape index (κ3) is 9.80. The van der Waals surface area contributed by atoms with Crippen LogP contribution in [-0.4, -0.2) is 41.7 Å². The number of nitrogens with one attached hydrogen (secondary N) is 2. The molecule has 2 aromatic carbocycles. The second-order valence-corrected chi connectivity index (χ2v) is 9.75. The first-order chi connectivity index (χ1) is 16.7. The molecule has 0 saturated carbocycles. The Hall–Kier alpha value is -2.74. The lowest BCUT2D eigenvalue weighted by molar-refractivity contribution is -0.134. The lowest BCUT2D eigenvalue weighted by atomic mass is 9.87. The van der Waals surface area contributed by atoms with Crippen molar-refractivity contribution in [1.82, 2.24) is 10.6 Å². The highest BCUT2D eigenvalue weighted by Gasteiger charge is 2.32. The van der Waals surface area contributed by atoms with E-state index in [-0.39, 0.29) is 36.7 Å². The molecule has 0 saturated heterocycles. The van der Waals surface area contributed by atoms with Crippen LogP contribution >= 0.6 is 0 Å². The second kappa shape index (κ2) is 14.6. The van der Waals surface area contributed by atoms with Crippen molar-refractivity contribution in [3.63, 3.8) is 0 Å². The first-order valence-electron chi connectivity index (χ1n) is 12.4. The van der Waals surface area contributed by atoms with Gasteiger partial charge in [-0.05, 0) is 29.4 Å². The number of aliphatic hydroxyl groups is 1. The number of rotatable bonds is 14. The first-order valence-corrected chi connectivity index (χ1v) is 12.4. The highest BCUT2D eigenvalue weighted by atomic mass is 16.5. The number of aliphatic hydroxyl groups excluding tert-OH is 1. The molecule has 4 atom stereocenters. The van der Waals surface area contributed by atoms with Crippen molar-refractivity contribution in [1.29, 1.82) is 0 Å². The van der Waals surface area contributed by atoms with Crippen LogP contribution in [0, 0.1) is 17.8 Å². The van der Waals surface area contributed by atoms with Gasteiger partial charge < -0.3 is 26.2 Å². The van der Waals surface area contributed by atoms with Gasteiger partial charge in [-0.3, -0.25) is 9.59 Å². The highest BCUT2D eigenvalue weighted by Crippen LogP contribution is 2.20. The van der Waals surface area contributed by atoms with Crippen molar-refractivity contribution in [2.75, 3.05) is 6.61 Å². The van der Waals surface area contributed by atoms with E-state index in [0.717, 1.165) is 11.1 Å². The molecule has 35 heavy (non-hydrogen) atoms. The maximum absolute atomic E-state index is 13.2. The minimum Gasteiger partial charge on any atom is -0.391 e. The Morgan fingerprint density at radius 1 is 0.886 bits per heavy atom.